The van der Waals surface area contributed by atoms with E-state index in [1.54, 1.807) is 11.3 Å². The Morgan fingerprint density at radius 3 is 2.83 bits per heavy atom. The van der Waals surface area contributed by atoms with E-state index in [0.29, 0.717) is 0 Å². The van der Waals surface area contributed by atoms with Gasteiger partial charge in [-0.15, -0.1) is 11.3 Å². The van der Waals surface area contributed by atoms with Crippen molar-refractivity contribution in [2.75, 3.05) is 6.54 Å². The van der Waals surface area contributed by atoms with Gasteiger partial charge in [0.2, 0.25) is 11.8 Å². The average molecular weight is 342 g/mol. The van der Waals surface area contributed by atoms with Gasteiger partial charge in [0.1, 0.15) is 6.04 Å². The molecule has 1 aromatic heterocycles. The molecule has 1 aliphatic carbocycles. The van der Waals surface area contributed by atoms with Crippen LogP contribution >= 0.6 is 11.3 Å². The summed E-state index contributed by atoms with van der Waals surface area (Å²) in [6, 6.07) is 7.93. The number of nitrogens with zero attached hydrogens (tertiary/aromatic N) is 1. The molecule has 1 saturated heterocycles. The smallest absolute Gasteiger partial charge is 0.243 e. The van der Waals surface area contributed by atoms with Crippen molar-refractivity contribution in [3.63, 3.8) is 0 Å². The standard InChI is InChI=1S/C19H22N2O2S/c1-12(15-11-24-17-7-3-2-5-14(15)17)20-18(22)16-6-4-10-21(16)19(23)13-8-9-13/h2-3,5,7,11-13,16H,4,6,8-10H2,1H3,(H,20,22)/t12-,16-/m1/s1. The second kappa shape index (κ2) is 6.20. The number of fused-ring (bicyclic) bond motifs is 1. The molecule has 1 N–H and O–H groups in total. The molecule has 24 heavy (non-hydrogen) atoms. The Bertz CT molecular complexity index is 781. The number of benzene rings is 1. The van der Waals surface area contributed by atoms with Crippen molar-refractivity contribution in [1.82, 2.24) is 10.2 Å². The summed E-state index contributed by atoms with van der Waals surface area (Å²) < 4.78 is 1.24. The van der Waals surface area contributed by atoms with E-state index in [2.05, 4.69) is 22.8 Å². The summed E-state index contributed by atoms with van der Waals surface area (Å²) in [4.78, 5) is 26.9. The maximum atomic E-state index is 12.7. The molecule has 2 atom stereocenters. The SMILES string of the molecule is C[C@@H](NC(=O)[C@H]1CCCN1C(=O)C1CC1)c1csc2ccccc12. The summed E-state index contributed by atoms with van der Waals surface area (Å²) in [7, 11) is 0. The number of carbonyl (C=O) groups excluding carboxylic acids is 2. The molecule has 1 aliphatic heterocycles. The lowest BCUT2D eigenvalue weighted by Crippen LogP contribution is -2.47. The van der Waals surface area contributed by atoms with Crippen LogP contribution in [0.5, 0.6) is 0 Å². The maximum Gasteiger partial charge on any atom is 0.243 e. The molecule has 0 unspecified atom stereocenters. The third-order valence-corrected chi connectivity index (χ3v) is 6.08. The van der Waals surface area contributed by atoms with Crippen molar-refractivity contribution in [2.45, 2.75) is 44.7 Å². The molecule has 2 fully saturated rings. The second-order valence-electron chi connectivity index (χ2n) is 6.88. The van der Waals surface area contributed by atoms with Crippen molar-refractivity contribution in [1.29, 1.82) is 0 Å². The van der Waals surface area contributed by atoms with E-state index in [-0.39, 0.29) is 29.8 Å². The Hall–Kier alpha value is -1.88. The molecule has 1 aromatic carbocycles. The zero-order valence-corrected chi connectivity index (χ0v) is 14.6. The molecule has 0 radical (unpaired) electrons. The maximum absolute atomic E-state index is 12.7. The van der Waals surface area contributed by atoms with Crippen molar-refractivity contribution in [3.05, 3.63) is 35.2 Å². The van der Waals surface area contributed by atoms with Gasteiger partial charge in [0.25, 0.3) is 0 Å². The van der Waals surface area contributed by atoms with Gasteiger partial charge in [-0.25, -0.2) is 0 Å². The summed E-state index contributed by atoms with van der Waals surface area (Å²) >= 11 is 1.70. The summed E-state index contributed by atoms with van der Waals surface area (Å²) in [6.07, 6.45) is 3.68. The van der Waals surface area contributed by atoms with Gasteiger partial charge in [-0.1, -0.05) is 18.2 Å². The second-order valence-corrected chi connectivity index (χ2v) is 7.79. The molecule has 4 rings (SSSR count). The Balaban J connectivity index is 1.47. The molecule has 2 heterocycles. The van der Waals surface area contributed by atoms with Crippen LogP contribution in [-0.2, 0) is 9.59 Å². The summed E-state index contributed by atoms with van der Waals surface area (Å²) in [5, 5.41) is 6.46. The topological polar surface area (TPSA) is 49.4 Å². The fourth-order valence-corrected chi connectivity index (χ4v) is 4.64. The Labute approximate surface area is 145 Å². The highest BCUT2D eigenvalue weighted by Gasteiger charge is 2.41. The molecular weight excluding hydrogens is 320 g/mol. The first-order valence-corrected chi connectivity index (χ1v) is 9.60. The van der Waals surface area contributed by atoms with Crippen molar-refractivity contribution >= 4 is 33.2 Å². The van der Waals surface area contributed by atoms with Crippen LogP contribution in [0.3, 0.4) is 0 Å². The third kappa shape index (κ3) is 2.81. The minimum absolute atomic E-state index is 0.00992. The number of hydrogen-bond donors (Lipinski definition) is 1. The van der Waals surface area contributed by atoms with E-state index in [9.17, 15) is 9.59 Å². The number of rotatable bonds is 4. The van der Waals surface area contributed by atoms with Gasteiger partial charge in [0, 0.05) is 17.2 Å². The largest absolute Gasteiger partial charge is 0.348 e. The number of hydrogen-bond acceptors (Lipinski definition) is 3. The first-order valence-electron chi connectivity index (χ1n) is 8.72. The van der Waals surface area contributed by atoms with E-state index >= 15 is 0 Å². The molecule has 1 saturated carbocycles. The number of likely N-dealkylation sites (tertiary alicyclic amines) is 1. The Kier molecular flexibility index (Phi) is 4.04. The van der Waals surface area contributed by atoms with E-state index in [0.717, 1.165) is 37.8 Å². The molecule has 5 heteroatoms. The Morgan fingerprint density at radius 1 is 1.25 bits per heavy atom. The number of thiophene rings is 1. The number of carbonyl (C=O) groups is 2. The minimum atomic E-state index is -0.287. The number of nitrogens with one attached hydrogen (secondary N) is 1. The zero-order valence-electron chi connectivity index (χ0n) is 13.8. The summed E-state index contributed by atoms with van der Waals surface area (Å²) in [5.41, 5.74) is 1.15. The highest BCUT2D eigenvalue weighted by atomic mass is 32.1. The molecule has 2 amide bonds. The summed E-state index contributed by atoms with van der Waals surface area (Å²) in [5.74, 6) is 0.349. The van der Waals surface area contributed by atoms with Crippen molar-refractivity contribution in [2.24, 2.45) is 5.92 Å². The van der Waals surface area contributed by atoms with Crippen molar-refractivity contribution < 1.29 is 9.59 Å². The molecular formula is C19H22N2O2S. The van der Waals surface area contributed by atoms with Crippen LogP contribution < -0.4 is 5.32 Å². The monoisotopic (exact) mass is 342 g/mol. The molecule has 126 valence electrons. The summed E-state index contributed by atoms with van der Waals surface area (Å²) in [6.45, 7) is 2.75. The first kappa shape index (κ1) is 15.6. The Morgan fingerprint density at radius 2 is 2.04 bits per heavy atom. The highest BCUT2D eigenvalue weighted by molar-refractivity contribution is 7.17. The van der Waals surface area contributed by atoms with E-state index in [1.165, 1.54) is 10.1 Å². The van der Waals surface area contributed by atoms with Gasteiger partial charge in [-0.3, -0.25) is 9.59 Å². The lowest BCUT2D eigenvalue weighted by Gasteiger charge is -2.25. The first-order chi connectivity index (χ1) is 11.6. The van der Waals surface area contributed by atoms with Crippen LogP contribution in [0.15, 0.2) is 29.6 Å². The molecule has 2 aromatic rings. The zero-order chi connectivity index (χ0) is 16.7. The van der Waals surface area contributed by atoms with Gasteiger partial charge >= 0.3 is 0 Å². The van der Waals surface area contributed by atoms with Gasteiger partial charge in [-0.05, 0) is 55.0 Å². The molecule has 2 aliphatic rings. The fourth-order valence-electron chi connectivity index (χ4n) is 3.59. The fraction of sp³-hybridized carbons (Fsp3) is 0.474. The highest BCUT2D eigenvalue weighted by Crippen LogP contribution is 2.34. The van der Waals surface area contributed by atoms with E-state index < -0.39 is 0 Å². The van der Waals surface area contributed by atoms with Crippen LogP contribution in [-0.4, -0.2) is 29.3 Å². The van der Waals surface area contributed by atoms with E-state index in [1.807, 2.05) is 24.0 Å². The molecule has 0 spiro atoms. The lowest BCUT2D eigenvalue weighted by molar-refractivity contribution is -0.139. The normalized spacial score (nSPS) is 21.9. The molecule has 0 bridgehead atoms. The lowest BCUT2D eigenvalue weighted by atomic mass is 10.1. The van der Waals surface area contributed by atoms with Crippen molar-refractivity contribution in [3.8, 4) is 0 Å². The van der Waals surface area contributed by atoms with Crippen LogP contribution in [0.25, 0.3) is 10.1 Å². The quantitative estimate of drug-likeness (QED) is 0.925. The van der Waals surface area contributed by atoms with Gasteiger partial charge in [0.15, 0.2) is 0 Å². The van der Waals surface area contributed by atoms with Gasteiger partial charge in [-0.2, -0.15) is 0 Å². The van der Waals surface area contributed by atoms with Crippen LogP contribution in [0.1, 0.15) is 44.2 Å². The van der Waals surface area contributed by atoms with Crippen LogP contribution in [0.2, 0.25) is 0 Å². The number of amides is 2. The molecule has 4 nitrogen and oxygen atoms in total. The van der Waals surface area contributed by atoms with Gasteiger partial charge in [0.05, 0.1) is 6.04 Å². The predicted octanol–water partition coefficient (Wildman–Crippen LogP) is 3.48. The average Bonchev–Trinajstić information content (AvgIpc) is 3.16. The van der Waals surface area contributed by atoms with Gasteiger partial charge < -0.3 is 10.2 Å². The van der Waals surface area contributed by atoms with E-state index in [4.69, 9.17) is 0 Å². The van der Waals surface area contributed by atoms with Crippen LogP contribution in [0.4, 0.5) is 0 Å². The minimum Gasteiger partial charge on any atom is -0.348 e. The van der Waals surface area contributed by atoms with Crippen LogP contribution in [0, 0.1) is 5.92 Å². The third-order valence-electron chi connectivity index (χ3n) is 5.10. The predicted molar refractivity (Wildman–Crippen MR) is 95.8 cm³/mol.